The van der Waals surface area contributed by atoms with E-state index in [1.54, 1.807) is 4.90 Å². The molecule has 1 atom stereocenters. The first kappa shape index (κ1) is 25.0. The number of imidazole rings is 1. The Bertz CT molecular complexity index is 1270. The quantitative estimate of drug-likeness (QED) is 0.355. The predicted octanol–water partition coefficient (Wildman–Crippen LogP) is 4.36. The van der Waals surface area contributed by atoms with Crippen molar-refractivity contribution >= 4 is 29.4 Å². The van der Waals surface area contributed by atoms with Crippen molar-refractivity contribution in [2.45, 2.75) is 38.6 Å². The largest absolute Gasteiger partial charge is 0.453 e. The Kier molecular flexibility index (Phi) is 7.68. The molecular weight excluding hydrogens is 458 g/mol. The molecule has 0 unspecified atom stereocenters. The molecule has 4 rings (SSSR count). The number of piperidine rings is 1. The van der Waals surface area contributed by atoms with Crippen LogP contribution in [0.2, 0.25) is 0 Å². The van der Waals surface area contributed by atoms with Crippen LogP contribution in [0.1, 0.15) is 42.1 Å². The fourth-order valence-electron chi connectivity index (χ4n) is 4.67. The number of nitriles is 1. The number of methoxy groups -OCH3 is 1. The van der Waals surface area contributed by atoms with E-state index in [4.69, 9.17) is 9.57 Å². The maximum absolute atomic E-state index is 12.0. The van der Waals surface area contributed by atoms with E-state index in [1.165, 1.54) is 14.2 Å². The zero-order valence-electron chi connectivity index (χ0n) is 20.8. The molecule has 1 saturated heterocycles. The molecule has 0 spiro atoms. The van der Waals surface area contributed by atoms with Crippen molar-refractivity contribution in [1.29, 1.82) is 5.26 Å². The minimum atomic E-state index is -0.310. The van der Waals surface area contributed by atoms with Crippen LogP contribution in [0.3, 0.4) is 0 Å². The van der Waals surface area contributed by atoms with Gasteiger partial charge in [-0.2, -0.15) is 10.2 Å². The highest BCUT2D eigenvalue weighted by molar-refractivity contribution is 5.73. The lowest BCUT2D eigenvalue weighted by Gasteiger charge is -2.38. The van der Waals surface area contributed by atoms with E-state index in [0.717, 1.165) is 41.6 Å². The van der Waals surface area contributed by atoms with Crippen molar-refractivity contribution in [3.05, 3.63) is 53.2 Å². The second-order valence-corrected chi connectivity index (χ2v) is 9.13. The van der Waals surface area contributed by atoms with E-state index in [0.29, 0.717) is 24.7 Å². The monoisotopic (exact) mass is 489 g/mol. The van der Waals surface area contributed by atoms with Crippen molar-refractivity contribution in [3.63, 3.8) is 0 Å². The van der Waals surface area contributed by atoms with Crippen LogP contribution >= 0.6 is 0 Å². The normalized spacial score (nSPS) is 16.0. The van der Waals surface area contributed by atoms with Crippen LogP contribution in [0.25, 0.3) is 11.2 Å². The van der Waals surface area contributed by atoms with Gasteiger partial charge in [-0.3, -0.25) is 0 Å². The average Bonchev–Trinajstić information content (AvgIpc) is 3.29. The fraction of sp³-hybridized carbons (Fsp3) is 0.423. The smallest absolute Gasteiger partial charge is 0.409 e. The summed E-state index contributed by atoms with van der Waals surface area (Å²) >= 11 is 0. The van der Waals surface area contributed by atoms with Gasteiger partial charge in [0.1, 0.15) is 7.11 Å². The Morgan fingerprint density at radius 1 is 1.31 bits per heavy atom. The van der Waals surface area contributed by atoms with Crippen molar-refractivity contribution in [1.82, 2.24) is 19.9 Å². The van der Waals surface area contributed by atoms with Crippen molar-refractivity contribution in [2.24, 2.45) is 10.6 Å². The lowest BCUT2D eigenvalue weighted by Crippen LogP contribution is -2.44. The Morgan fingerprint density at radius 3 is 2.83 bits per heavy atom. The molecule has 3 heterocycles. The average molecular weight is 490 g/mol. The van der Waals surface area contributed by atoms with Crippen molar-refractivity contribution in [2.75, 3.05) is 32.6 Å². The molecule has 0 saturated carbocycles. The topological polar surface area (TPSA) is 129 Å². The Hall–Kier alpha value is -4.13. The summed E-state index contributed by atoms with van der Waals surface area (Å²) in [5.74, 6) is 0.577. The summed E-state index contributed by atoms with van der Waals surface area (Å²) < 4.78 is 4.88. The van der Waals surface area contributed by atoms with Crippen molar-refractivity contribution < 1.29 is 14.4 Å². The number of aromatic nitrogens is 3. The molecule has 10 heteroatoms. The van der Waals surface area contributed by atoms with Crippen LogP contribution in [0.4, 0.5) is 10.7 Å². The number of carbonyl (C=O) groups excluding carboxylic acids is 1. The minimum absolute atomic E-state index is 0.249. The third kappa shape index (κ3) is 5.74. The number of aryl methyl sites for hydroxylation is 1. The van der Waals surface area contributed by atoms with E-state index in [2.05, 4.69) is 43.6 Å². The van der Waals surface area contributed by atoms with Crippen LogP contribution in [0.5, 0.6) is 0 Å². The predicted molar refractivity (Wildman–Crippen MR) is 137 cm³/mol. The number of hydrogen-bond acceptors (Lipinski definition) is 8. The van der Waals surface area contributed by atoms with E-state index < -0.39 is 0 Å². The molecule has 1 amide bonds. The maximum atomic E-state index is 12.0. The van der Waals surface area contributed by atoms with Gasteiger partial charge in [0.25, 0.3) is 0 Å². The van der Waals surface area contributed by atoms with Gasteiger partial charge >= 0.3 is 6.09 Å². The number of carbonyl (C=O) groups is 1. The van der Waals surface area contributed by atoms with Gasteiger partial charge < -0.3 is 24.8 Å². The zero-order valence-corrected chi connectivity index (χ0v) is 20.8. The van der Waals surface area contributed by atoms with Crippen LogP contribution in [0, 0.1) is 23.7 Å². The molecule has 2 aromatic heterocycles. The zero-order chi connectivity index (χ0) is 25.5. The number of hydrogen-bond donors (Lipinski definition) is 2. The first-order valence-corrected chi connectivity index (χ1v) is 11.9. The Morgan fingerprint density at radius 2 is 2.11 bits per heavy atom. The maximum Gasteiger partial charge on any atom is 0.409 e. The molecule has 1 aromatic carbocycles. The first-order chi connectivity index (χ1) is 17.4. The summed E-state index contributed by atoms with van der Waals surface area (Å²) in [4.78, 5) is 30.9. The second-order valence-electron chi connectivity index (χ2n) is 9.13. The number of nitrogens with zero attached hydrogens (tertiary/aromatic N) is 5. The highest BCUT2D eigenvalue weighted by atomic mass is 16.6. The Labute approximate surface area is 210 Å². The molecule has 1 fully saturated rings. The highest BCUT2D eigenvalue weighted by Crippen LogP contribution is 2.35. The van der Waals surface area contributed by atoms with E-state index in [1.807, 2.05) is 37.4 Å². The SMILES string of the molecule is CO/N=C/C1(Cc2cccc([C@@H](CC#N)Nc3nc4nc(C)ccc4[nH]3)c2)CCN(C(=O)OC)CC1. The molecular formula is C26H31N7O3. The lowest BCUT2D eigenvalue weighted by molar-refractivity contribution is 0.0966. The van der Waals surface area contributed by atoms with Gasteiger partial charge in [-0.25, -0.2) is 9.78 Å². The molecule has 36 heavy (non-hydrogen) atoms. The van der Waals surface area contributed by atoms with Gasteiger partial charge in [0.2, 0.25) is 5.95 Å². The standard InChI is InChI=1S/C26H31N7O3/c1-18-7-8-22-23(29-18)32-24(31-22)30-21(9-12-27)20-6-4-5-19(15-20)16-26(17-28-36-3)10-13-33(14-11-26)25(34)35-2/h4-8,15,17,21H,9-11,13-14,16H2,1-3H3,(H2,29,30,31,32)/b28-17+/t21-/m1/s1. The third-order valence-electron chi connectivity index (χ3n) is 6.63. The lowest BCUT2D eigenvalue weighted by atomic mass is 9.74. The van der Waals surface area contributed by atoms with E-state index in [9.17, 15) is 10.1 Å². The van der Waals surface area contributed by atoms with Gasteiger partial charge in [-0.1, -0.05) is 29.4 Å². The van der Waals surface area contributed by atoms with Gasteiger partial charge in [-0.05, 0) is 49.4 Å². The molecule has 3 aromatic rings. The minimum Gasteiger partial charge on any atom is -0.453 e. The number of oxime groups is 1. The summed E-state index contributed by atoms with van der Waals surface area (Å²) in [6.07, 6.45) is 4.04. The number of rotatable bonds is 8. The van der Waals surface area contributed by atoms with Gasteiger partial charge in [0, 0.05) is 24.2 Å². The summed E-state index contributed by atoms with van der Waals surface area (Å²) in [6, 6.07) is 14.1. The molecule has 1 aliphatic rings. The highest BCUT2D eigenvalue weighted by Gasteiger charge is 2.35. The molecule has 0 bridgehead atoms. The molecule has 10 nitrogen and oxygen atoms in total. The van der Waals surface area contributed by atoms with Crippen LogP contribution in [-0.4, -0.2) is 59.5 Å². The summed E-state index contributed by atoms with van der Waals surface area (Å²) in [5, 5.41) is 17.0. The number of benzene rings is 1. The van der Waals surface area contributed by atoms with Crippen LogP contribution < -0.4 is 5.32 Å². The van der Waals surface area contributed by atoms with E-state index in [-0.39, 0.29) is 24.0 Å². The van der Waals surface area contributed by atoms with Crippen LogP contribution in [-0.2, 0) is 16.0 Å². The number of pyridine rings is 1. The number of anilines is 1. The van der Waals surface area contributed by atoms with Crippen molar-refractivity contribution in [3.8, 4) is 6.07 Å². The van der Waals surface area contributed by atoms with Gasteiger partial charge in [0.15, 0.2) is 5.65 Å². The number of H-pyrrole nitrogens is 1. The number of amides is 1. The van der Waals surface area contributed by atoms with Gasteiger partial charge in [0.05, 0.1) is 37.4 Å². The molecule has 1 aliphatic heterocycles. The molecule has 0 radical (unpaired) electrons. The molecule has 0 aliphatic carbocycles. The summed E-state index contributed by atoms with van der Waals surface area (Å²) in [7, 11) is 2.93. The number of likely N-dealkylation sites (tertiary alicyclic amines) is 1. The summed E-state index contributed by atoms with van der Waals surface area (Å²) in [6.45, 7) is 3.09. The number of ether oxygens (including phenoxy) is 1. The fourth-order valence-corrected chi connectivity index (χ4v) is 4.67. The second kappa shape index (κ2) is 11.1. The van der Waals surface area contributed by atoms with Crippen LogP contribution in [0.15, 0.2) is 41.6 Å². The molecule has 188 valence electrons. The summed E-state index contributed by atoms with van der Waals surface area (Å²) in [5.41, 5.74) is 4.23. The first-order valence-electron chi connectivity index (χ1n) is 11.9. The Balaban J connectivity index is 1.54. The number of aromatic amines is 1. The third-order valence-corrected chi connectivity index (χ3v) is 6.63. The molecule has 2 N–H and O–H groups in total. The van der Waals surface area contributed by atoms with Gasteiger partial charge in [-0.15, -0.1) is 0 Å². The number of nitrogens with one attached hydrogen (secondary N) is 2. The van der Waals surface area contributed by atoms with E-state index >= 15 is 0 Å². The number of fused-ring (bicyclic) bond motifs is 1.